The van der Waals surface area contributed by atoms with E-state index in [9.17, 15) is 21.6 Å². The van der Waals surface area contributed by atoms with Crippen LogP contribution in [0.4, 0.5) is 13.2 Å². The van der Waals surface area contributed by atoms with E-state index in [1.165, 1.54) is 12.1 Å². The minimum absolute atomic E-state index is 0.106. The molecule has 0 radical (unpaired) electrons. The van der Waals surface area contributed by atoms with Gasteiger partial charge in [-0.05, 0) is 31.4 Å². The van der Waals surface area contributed by atoms with Crippen LogP contribution in [0.2, 0.25) is 5.02 Å². The van der Waals surface area contributed by atoms with Gasteiger partial charge >= 0.3 is 6.18 Å². The van der Waals surface area contributed by atoms with Crippen LogP contribution in [0.1, 0.15) is 38.2 Å². The Kier molecular flexibility index (Phi) is 5.19. The normalized spacial score (nSPS) is 22.5. The Labute approximate surface area is 143 Å². The lowest BCUT2D eigenvalue weighted by atomic mass is 9.91. The molecule has 1 fully saturated rings. The predicted octanol–water partition coefficient (Wildman–Crippen LogP) is 4.10. The van der Waals surface area contributed by atoms with Gasteiger partial charge in [-0.3, -0.25) is 0 Å². The first-order chi connectivity index (χ1) is 11.1. The minimum Gasteiger partial charge on any atom is -0.207 e. The molecule has 0 spiro atoms. The van der Waals surface area contributed by atoms with Gasteiger partial charge in [0.25, 0.3) is 0 Å². The number of hydrogen-bond acceptors (Lipinski definition) is 3. The average Bonchev–Trinajstić information content (AvgIpc) is 2.93. The van der Waals surface area contributed by atoms with E-state index in [2.05, 4.69) is 0 Å². The summed E-state index contributed by atoms with van der Waals surface area (Å²) in [6.45, 7) is 1.34. The smallest absolute Gasteiger partial charge is 0.207 e. The molecular formula is C15H16ClF3N2O2S. The van der Waals surface area contributed by atoms with Crippen molar-refractivity contribution in [2.24, 2.45) is 0 Å². The lowest BCUT2D eigenvalue weighted by molar-refractivity contribution is -0.212. The number of nitrogens with zero attached hydrogens (tertiary/aromatic N) is 2. The summed E-state index contributed by atoms with van der Waals surface area (Å²) in [5.74, 6) is 0. The fraction of sp³-hybridized carbons (Fsp3) is 0.533. The Bertz CT molecular complexity index is 774. The van der Waals surface area contributed by atoms with E-state index in [4.69, 9.17) is 16.9 Å². The van der Waals surface area contributed by atoms with Crippen LogP contribution >= 0.6 is 11.6 Å². The molecule has 4 nitrogen and oxygen atoms in total. The lowest BCUT2D eigenvalue weighted by Crippen LogP contribution is -2.57. The standard InChI is InChI=1S/C15H16ClF3N2O2S/c1-2-7-14(15(17,18)19)8-4-9-21(14)24(22,23)13-6-3-5-12(16)11(13)10-20/h3,5-6H,2,4,7-9H2,1H3/t14-/m1/s1. The molecule has 0 saturated carbocycles. The number of rotatable bonds is 4. The molecule has 9 heteroatoms. The van der Waals surface area contributed by atoms with Crippen LogP contribution in [0.15, 0.2) is 23.1 Å². The van der Waals surface area contributed by atoms with E-state index in [1.54, 1.807) is 13.0 Å². The van der Waals surface area contributed by atoms with E-state index in [0.29, 0.717) is 4.31 Å². The number of benzene rings is 1. The highest BCUT2D eigenvalue weighted by Crippen LogP contribution is 2.48. The third kappa shape index (κ3) is 2.89. The second kappa shape index (κ2) is 6.54. The summed E-state index contributed by atoms with van der Waals surface area (Å²) in [6, 6.07) is 5.42. The van der Waals surface area contributed by atoms with Crippen LogP contribution in [0.25, 0.3) is 0 Å². The number of halogens is 4. The molecule has 0 aliphatic carbocycles. The fourth-order valence-electron chi connectivity index (χ4n) is 3.24. The average molecular weight is 381 g/mol. The van der Waals surface area contributed by atoms with Gasteiger partial charge in [0.1, 0.15) is 16.5 Å². The SMILES string of the molecule is CCC[C@]1(C(F)(F)F)CCCN1S(=O)(=O)c1cccc(Cl)c1C#N. The maximum Gasteiger partial charge on any atom is 0.407 e. The molecule has 1 aromatic carbocycles. The van der Waals surface area contributed by atoms with Gasteiger partial charge in [-0.25, -0.2) is 8.42 Å². The van der Waals surface area contributed by atoms with Crippen LogP contribution in [0.3, 0.4) is 0 Å². The number of sulfonamides is 1. The molecule has 0 aromatic heterocycles. The molecular weight excluding hydrogens is 365 g/mol. The summed E-state index contributed by atoms with van der Waals surface area (Å²) in [4.78, 5) is -0.482. The highest BCUT2D eigenvalue weighted by molar-refractivity contribution is 7.89. The molecule has 0 amide bonds. The largest absolute Gasteiger partial charge is 0.407 e. The highest BCUT2D eigenvalue weighted by atomic mass is 35.5. The summed E-state index contributed by atoms with van der Waals surface area (Å²) >= 11 is 5.84. The first-order valence-electron chi connectivity index (χ1n) is 7.40. The van der Waals surface area contributed by atoms with Crippen LogP contribution in [0.5, 0.6) is 0 Å². The maximum absolute atomic E-state index is 13.8. The van der Waals surface area contributed by atoms with Crippen molar-refractivity contribution in [2.75, 3.05) is 6.54 Å². The van der Waals surface area contributed by atoms with Crippen molar-refractivity contribution in [1.82, 2.24) is 4.31 Å². The zero-order valence-corrected chi connectivity index (χ0v) is 14.5. The molecule has 24 heavy (non-hydrogen) atoms. The molecule has 132 valence electrons. The Morgan fingerprint density at radius 3 is 2.62 bits per heavy atom. The van der Waals surface area contributed by atoms with Crippen molar-refractivity contribution in [2.45, 2.75) is 49.2 Å². The number of alkyl halides is 3. The number of nitriles is 1. The van der Waals surface area contributed by atoms with Gasteiger partial charge in [0.2, 0.25) is 10.0 Å². The predicted molar refractivity (Wildman–Crippen MR) is 83.0 cm³/mol. The van der Waals surface area contributed by atoms with Crippen molar-refractivity contribution in [3.05, 3.63) is 28.8 Å². The van der Waals surface area contributed by atoms with Crippen molar-refractivity contribution < 1.29 is 21.6 Å². The molecule has 0 unspecified atom stereocenters. The first-order valence-corrected chi connectivity index (χ1v) is 9.22. The summed E-state index contributed by atoms with van der Waals surface area (Å²) < 4.78 is 67.6. The molecule has 0 N–H and O–H groups in total. The summed E-state index contributed by atoms with van der Waals surface area (Å²) in [5, 5.41) is 9.05. The van der Waals surface area contributed by atoms with Crippen LogP contribution in [-0.4, -0.2) is 31.0 Å². The van der Waals surface area contributed by atoms with Gasteiger partial charge in [-0.2, -0.15) is 22.7 Å². The second-order valence-corrected chi connectivity index (χ2v) is 7.92. The number of hydrogen-bond donors (Lipinski definition) is 0. The maximum atomic E-state index is 13.8. The van der Waals surface area contributed by atoms with Gasteiger partial charge in [-0.1, -0.05) is 31.0 Å². The van der Waals surface area contributed by atoms with E-state index < -0.39 is 26.6 Å². The van der Waals surface area contributed by atoms with E-state index in [0.717, 1.165) is 6.07 Å². The summed E-state index contributed by atoms with van der Waals surface area (Å²) in [5.41, 5.74) is -2.77. The third-order valence-electron chi connectivity index (χ3n) is 4.28. The lowest BCUT2D eigenvalue weighted by Gasteiger charge is -2.39. The molecule has 1 atom stereocenters. The van der Waals surface area contributed by atoms with Gasteiger partial charge in [0.05, 0.1) is 10.6 Å². The van der Waals surface area contributed by atoms with Crippen LogP contribution in [-0.2, 0) is 10.0 Å². The van der Waals surface area contributed by atoms with Crippen molar-refractivity contribution in [3.63, 3.8) is 0 Å². The van der Waals surface area contributed by atoms with E-state index in [1.807, 2.05) is 0 Å². The minimum atomic E-state index is -4.70. The Morgan fingerprint density at radius 1 is 1.42 bits per heavy atom. The third-order valence-corrected chi connectivity index (χ3v) is 6.60. The van der Waals surface area contributed by atoms with Gasteiger partial charge < -0.3 is 0 Å². The Morgan fingerprint density at radius 2 is 2.08 bits per heavy atom. The van der Waals surface area contributed by atoms with Crippen molar-refractivity contribution in [1.29, 1.82) is 5.26 Å². The topological polar surface area (TPSA) is 61.2 Å². The Hall–Kier alpha value is -1.30. The molecule has 1 heterocycles. The summed E-state index contributed by atoms with van der Waals surface area (Å²) in [6.07, 6.45) is -5.00. The quantitative estimate of drug-likeness (QED) is 0.790. The van der Waals surface area contributed by atoms with Gasteiger partial charge in [0.15, 0.2) is 0 Å². The molecule has 2 rings (SSSR count). The van der Waals surface area contributed by atoms with Crippen molar-refractivity contribution in [3.8, 4) is 6.07 Å². The molecule has 1 aliphatic heterocycles. The van der Waals surface area contributed by atoms with E-state index >= 15 is 0 Å². The van der Waals surface area contributed by atoms with Gasteiger partial charge in [0, 0.05) is 6.54 Å². The summed E-state index contributed by atoms with van der Waals surface area (Å²) in [7, 11) is -4.51. The first kappa shape index (κ1) is 19.0. The van der Waals surface area contributed by atoms with Crippen molar-refractivity contribution >= 4 is 21.6 Å². The van der Waals surface area contributed by atoms with Crippen LogP contribution < -0.4 is 0 Å². The molecule has 1 aromatic rings. The second-order valence-electron chi connectivity index (χ2n) is 5.68. The molecule has 0 bridgehead atoms. The molecule has 1 saturated heterocycles. The Balaban J connectivity index is 2.65. The zero-order valence-electron chi connectivity index (χ0n) is 12.9. The van der Waals surface area contributed by atoms with E-state index in [-0.39, 0.29) is 42.8 Å². The zero-order chi connectivity index (χ0) is 18.2. The fourth-order valence-corrected chi connectivity index (χ4v) is 5.53. The van der Waals surface area contributed by atoms with Crippen LogP contribution in [0, 0.1) is 11.3 Å². The van der Waals surface area contributed by atoms with Gasteiger partial charge in [-0.15, -0.1) is 0 Å². The monoisotopic (exact) mass is 380 g/mol. The molecule has 1 aliphatic rings. The highest BCUT2D eigenvalue weighted by Gasteiger charge is 2.63.